The maximum Gasteiger partial charge on any atom is 0.122 e. The molecule has 2 rings (SSSR count). The summed E-state index contributed by atoms with van der Waals surface area (Å²) in [5.41, 5.74) is 4.94. The molecule has 3 nitrogen and oxygen atoms in total. The van der Waals surface area contributed by atoms with Crippen molar-refractivity contribution in [3.8, 4) is 5.75 Å². The van der Waals surface area contributed by atoms with Crippen molar-refractivity contribution in [1.82, 2.24) is 10.3 Å². The maximum absolute atomic E-state index is 5.42. The van der Waals surface area contributed by atoms with Crippen LogP contribution in [0.25, 0.3) is 0 Å². The molecule has 1 aromatic carbocycles. The Morgan fingerprint density at radius 2 is 1.86 bits per heavy atom. The van der Waals surface area contributed by atoms with E-state index in [9.17, 15) is 0 Å². The van der Waals surface area contributed by atoms with E-state index < -0.39 is 0 Å². The van der Waals surface area contributed by atoms with Crippen LogP contribution < -0.4 is 10.1 Å². The number of aromatic nitrogens is 1. The molecule has 0 saturated heterocycles. The normalized spacial score (nSPS) is 12.2. The van der Waals surface area contributed by atoms with Crippen molar-refractivity contribution in [3.63, 3.8) is 0 Å². The highest BCUT2D eigenvalue weighted by molar-refractivity contribution is 5.45. The second-order valence-corrected chi connectivity index (χ2v) is 5.35. The lowest BCUT2D eigenvalue weighted by atomic mass is 9.93. The number of rotatable bonds is 6. The molecule has 1 unspecified atom stereocenters. The second kappa shape index (κ2) is 7.23. The van der Waals surface area contributed by atoms with Gasteiger partial charge in [-0.1, -0.05) is 13.0 Å². The van der Waals surface area contributed by atoms with E-state index in [2.05, 4.69) is 55.3 Å². The van der Waals surface area contributed by atoms with Gasteiger partial charge in [0.1, 0.15) is 5.75 Å². The van der Waals surface area contributed by atoms with Crippen LogP contribution in [-0.4, -0.2) is 18.6 Å². The number of pyridine rings is 1. The molecular weight excluding hydrogens is 260 g/mol. The number of methoxy groups -OCH3 is 1. The summed E-state index contributed by atoms with van der Waals surface area (Å²) < 4.78 is 5.42. The van der Waals surface area contributed by atoms with Crippen LogP contribution in [0, 0.1) is 13.8 Å². The number of aryl methyl sites for hydroxylation is 2. The summed E-state index contributed by atoms with van der Waals surface area (Å²) in [5.74, 6) is 0.945. The monoisotopic (exact) mass is 284 g/mol. The molecule has 112 valence electrons. The average molecular weight is 284 g/mol. The van der Waals surface area contributed by atoms with E-state index in [4.69, 9.17) is 4.74 Å². The fourth-order valence-corrected chi connectivity index (χ4v) is 2.59. The fraction of sp³-hybridized carbons (Fsp3) is 0.389. The third-order valence-electron chi connectivity index (χ3n) is 3.73. The summed E-state index contributed by atoms with van der Waals surface area (Å²) in [4.78, 5) is 4.12. The molecule has 0 fully saturated rings. The molecule has 1 atom stereocenters. The van der Waals surface area contributed by atoms with Crippen LogP contribution in [0.2, 0.25) is 0 Å². The number of benzene rings is 1. The van der Waals surface area contributed by atoms with Crippen LogP contribution in [-0.2, 0) is 0 Å². The average Bonchev–Trinajstić information content (AvgIpc) is 2.51. The van der Waals surface area contributed by atoms with Gasteiger partial charge in [-0.2, -0.15) is 0 Å². The summed E-state index contributed by atoms with van der Waals surface area (Å²) in [6.45, 7) is 7.39. The molecule has 0 aliphatic carbocycles. The molecule has 0 amide bonds. The minimum Gasteiger partial charge on any atom is -0.496 e. The Labute approximate surface area is 127 Å². The van der Waals surface area contributed by atoms with Crippen molar-refractivity contribution in [1.29, 1.82) is 0 Å². The van der Waals surface area contributed by atoms with Crippen molar-refractivity contribution in [2.45, 2.75) is 33.2 Å². The lowest BCUT2D eigenvalue weighted by Gasteiger charge is -2.22. The summed E-state index contributed by atoms with van der Waals surface area (Å²) in [7, 11) is 1.72. The highest BCUT2D eigenvalue weighted by Crippen LogP contribution is 2.30. The molecule has 1 aromatic heterocycles. The van der Waals surface area contributed by atoms with E-state index in [1.54, 1.807) is 7.11 Å². The number of hydrogen-bond donors (Lipinski definition) is 1. The van der Waals surface area contributed by atoms with Gasteiger partial charge in [0.2, 0.25) is 0 Å². The smallest absolute Gasteiger partial charge is 0.122 e. The standard InChI is InChI=1S/C18H24N2O/c1-5-8-20-18(15-6-9-19-10-7-15)16-11-14(3)17(21-4)12-13(16)2/h6-7,9-12,18,20H,5,8H2,1-4H3. The molecule has 0 aliphatic heterocycles. The van der Waals surface area contributed by atoms with Gasteiger partial charge in [0.15, 0.2) is 0 Å². The van der Waals surface area contributed by atoms with E-state index in [0.29, 0.717) is 0 Å². The minimum absolute atomic E-state index is 0.192. The first-order valence-electron chi connectivity index (χ1n) is 7.45. The fourth-order valence-electron chi connectivity index (χ4n) is 2.59. The molecule has 0 aliphatic rings. The van der Waals surface area contributed by atoms with Gasteiger partial charge in [-0.15, -0.1) is 0 Å². The molecule has 1 heterocycles. The zero-order chi connectivity index (χ0) is 15.2. The van der Waals surface area contributed by atoms with E-state index in [-0.39, 0.29) is 6.04 Å². The summed E-state index contributed by atoms with van der Waals surface area (Å²) in [6, 6.07) is 8.69. The molecule has 3 heteroatoms. The Morgan fingerprint density at radius 3 is 2.48 bits per heavy atom. The zero-order valence-corrected chi connectivity index (χ0v) is 13.3. The molecule has 1 N–H and O–H groups in total. The lowest BCUT2D eigenvalue weighted by Crippen LogP contribution is -2.24. The van der Waals surface area contributed by atoms with E-state index in [0.717, 1.165) is 24.3 Å². The zero-order valence-electron chi connectivity index (χ0n) is 13.3. The largest absolute Gasteiger partial charge is 0.496 e. The summed E-state index contributed by atoms with van der Waals surface area (Å²) in [6.07, 6.45) is 4.80. The Kier molecular flexibility index (Phi) is 5.34. The highest BCUT2D eigenvalue weighted by atomic mass is 16.5. The first kappa shape index (κ1) is 15.5. The topological polar surface area (TPSA) is 34.2 Å². The molecule has 0 saturated carbocycles. The van der Waals surface area contributed by atoms with E-state index in [1.807, 2.05) is 12.4 Å². The molecule has 0 bridgehead atoms. The molecular formula is C18H24N2O. The number of nitrogens with one attached hydrogen (secondary N) is 1. The number of hydrogen-bond acceptors (Lipinski definition) is 3. The Bertz CT molecular complexity index is 581. The Morgan fingerprint density at radius 1 is 1.14 bits per heavy atom. The van der Waals surface area contributed by atoms with Crippen LogP contribution in [0.5, 0.6) is 5.75 Å². The predicted octanol–water partition coefficient (Wildman–Crippen LogP) is 3.80. The van der Waals surface area contributed by atoms with Crippen LogP contribution >= 0.6 is 0 Å². The van der Waals surface area contributed by atoms with Gasteiger partial charge in [-0.05, 0) is 67.3 Å². The number of nitrogens with zero attached hydrogens (tertiary/aromatic N) is 1. The molecule has 2 aromatic rings. The summed E-state index contributed by atoms with van der Waals surface area (Å²) in [5, 5.41) is 3.64. The van der Waals surface area contributed by atoms with Gasteiger partial charge < -0.3 is 10.1 Å². The van der Waals surface area contributed by atoms with Crippen LogP contribution in [0.3, 0.4) is 0 Å². The minimum atomic E-state index is 0.192. The number of ether oxygens (including phenoxy) is 1. The van der Waals surface area contributed by atoms with Gasteiger partial charge in [0, 0.05) is 12.4 Å². The van der Waals surface area contributed by atoms with Crippen LogP contribution in [0.1, 0.15) is 41.6 Å². The van der Waals surface area contributed by atoms with Gasteiger partial charge in [0.25, 0.3) is 0 Å². The molecule has 0 radical (unpaired) electrons. The van der Waals surface area contributed by atoms with Crippen molar-refractivity contribution in [2.24, 2.45) is 0 Å². The van der Waals surface area contributed by atoms with E-state index >= 15 is 0 Å². The highest BCUT2D eigenvalue weighted by Gasteiger charge is 2.17. The third kappa shape index (κ3) is 3.61. The van der Waals surface area contributed by atoms with Crippen LogP contribution in [0.4, 0.5) is 0 Å². The maximum atomic E-state index is 5.42. The lowest BCUT2D eigenvalue weighted by molar-refractivity contribution is 0.411. The quantitative estimate of drug-likeness (QED) is 0.876. The molecule has 21 heavy (non-hydrogen) atoms. The third-order valence-corrected chi connectivity index (χ3v) is 3.73. The van der Waals surface area contributed by atoms with Crippen molar-refractivity contribution in [3.05, 3.63) is 58.9 Å². The van der Waals surface area contributed by atoms with Crippen molar-refractivity contribution in [2.75, 3.05) is 13.7 Å². The van der Waals surface area contributed by atoms with E-state index in [1.165, 1.54) is 16.7 Å². The van der Waals surface area contributed by atoms with Gasteiger partial charge in [0.05, 0.1) is 13.2 Å². The van der Waals surface area contributed by atoms with Gasteiger partial charge in [-0.3, -0.25) is 4.98 Å². The first-order chi connectivity index (χ1) is 10.2. The second-order valence-electron chi connectivity index (χ2n) is 5.35. The van der Waals surface area contributed by atoms with Gasteiger partial charge >= 0.3 is 0 Å². The van der Waals surface area contributed by atoms with Crippen molar-refractivity contribution < 1.29 is 4.74 Å². The Hall–Kier alpha value is -1.87. The van der Waals surface area contributed by atoms with Crippen LogP contribution in [0.15, 0.2) is 36.7 Å². The first-order valence-corrected chi connectivity index (χ1v) is 7.45. The SMILES string of the molecule is CCCNC(c1ccncc1)c1cc(C)c(OC)cc1C. The van der Waals surface area contributed by atoms with Gasteiger partial charge in [-0.25, -0.2) is 0 Å². The predicted molar refractivity (Wildman–Crippen MR) is 86.8 cm³/mol. The Balaban J connectivity index is 2.44. The van der Waals surface area contributed by atoms with Crippen molar-refractivity contribution >= 4 is 0 Å². The molecule has 0 spiro atoms. The summed E-state index contributed by atoms with van der Waals surface area (Å²) >= 11 is 0.